The Hall–Kier alpha value is -3.87. The number of amides is 2. The van der Waals surface area contributed by atoms with Crippen LogP contribution in [-0.2, 0) is 6.54 Å². The number of urea groups is 1. The summed E-state index contributed by atoms with van der Waals surface area (Å²) in [6.07, 6.45) is 1.75. The summed E-state index contributed by atoms with van der Waals surface area (Å²) in [6, 6.07) is 20.7. The maximum atomic E-state index is 12.3. The van der Waals surface area contributed by atoms with Gasteiger partial charge in [0.15, 0.2) is 5.65 Å². The Morgan fingerprint density at radius 2 is 1.83 bits per heavy atom. The minimum atomic E-state index is -0.298. The van der Waals surface area contributed by atoms with Gasteiger partial charge in [-0.05, 0) is 24.3 Å². The summed E-state index contributed by atoms with van der Waals surface area (Å²) in [6.45, 7) is 0.958. The monoisotopic (exact) mass is 387 g/mol. The molecule has 0 fully saturated rings. The van der Waals surface area contributed by atoms with Crippen molar-refractivity contribution in [2.75, 3.05) is 19.0 Å². The zero-order valence-electron chi connectivity index (χ0n) is 16.0. The highest BCUT2D eigenvalue weighted by Crippen LogP contribution is 2.24. The van der Waals surface area contributed by atoms with Crippen molar-refractivity contribution in [2.45, 2.75) is 6.54 Å². The Balaban J connectivity index is 1.49. The zero-order chi connectivity index (χ0) is 20.1. The topological polar surface area (TPSA) is 81.1 Å². The molecular weight excluding hydrogens is 366 g/mol. The number of imidazole rings is 1. The van der Waals surface area contributed by atoms with E-state index in [1.54, 1.807) is 25.4 Å². The highest BCUT2D eigenvalue weighted by Gasteiger charge is 2.13. The molecule has 29 heavy (non-hydrogen) atoms. The number of nitrogens with zero attached hydrogens (tertiary/aromatic N) is 3. The number of rotatable bonds is 6. The second-order valence-electron chi connectivity index (χ2n) is 6.38. The molecule has 0 spiro atoms. The number of hydrogen-bond acceptors (Lipinski definition) is 4. The molecule has 0 unspecified atom stereocenters. The first kappa shape index (κ1) is 18.5. The molecule has 7 nitrogen and oxygen atoms in total. The minimum Gasteiger partial charge on any atom is -0.495 e. The molecule has 0 saturated carbocycles. The van der Waals surface area contributed by atoms with Crippen molar-refractivity contribution in [3.63, 3.8) is 0 Å². The molecule has 2 N–H and O–H groups in total. The van der Waals surface area contributed by atoms with Gasteiger partial charge in [0.05, 0.1) is 12.8 Å². The van der Waals surface area contributed by atoms with Crippen molar-refractivity contribution in [3.05, 3.63) is 72.9 Å². The van der Waals surface area contributed by atoms with Crippen LogP contribution in [0, 0.1) is 0 Å². The molecule has 0 saturated heterocycles. The smallest absolute Gasteiger partial charge is 0.319 e. The molecule has 2 aromatic carbocycles. The lowest BCUT2D eigenvalue weighted by Crippen LogP contribution is -2.31. The van der Waals surface area contributed by atoms with Gasteiger partial charge in [0.2, 0.25) is 0 Å². The van der Waals surface area contributed by atoms with E-state index in [0.29, 0.717) is 24.5 Å². The van der Waals surface area contributed by atoms with E-state index in [4.69, 9.17) is 9.72 Å². The van der Waals surface area contributed by atoms with Crippen LogP contribution in [0.15, 0.2) is 72.9 Å². The zero-order valence-corrected chi connectivity index (χ0v) is 16.0. The molecule has 0 bridgehead atoms. The number of methoxy groups -OCH3 is 1. The maximum Gasteiger partial charge on any atom is 0.319 e. The maximum absolute atomic E-state index is 12.3. The number of carbonyl (C=O) groups excluding carboxylic acids is 1. The van der Waals surface area contributed by atoms with Crippen molar-refractivity contribution in [3.8, 4) is 17.1 Å². The Morgan fingerprint density at radius 1 is 1.03 bits per heavy atom. The van der Waals surface area contributed by atoms with Crippen LogP contribution in [0.5, 0.6) is 5.75 Å². The van der Waals surface area contributed by atoms with Gasteiger partial charge in [0, 0.05) is 24.8 Å². The normalized spacial score (nSPS) is 10.7. The number of fused-ring (bicyclic) bond motifs is 1. The largest absolute Gasteiger partial charge is 0.495 e. The Bertz CT molecular complexity index is 1120. The van der Waals surface area contributed by atoms with E-state index in [2.05, 4.69) is 15.6 Å². The summed E-state index contributed by atoms with van der Waals surface area (Å²) in [5.41, 5.74) is 3.24. The molecule has 146 valence electrons. The first-order valence-electron chi connectivity index (χ1n) is 9.31. The van der Waals surface area contributed by atoms with Crippen LogP contribution in [-0.4, -0.2) is 34.2 Å². The number of ether oxygens (including phenoxy) is 1. The van der Waals surface area contributed by atoms with Gasteiger partial charge < -0.3 is 19.9 Å². The number of anilines is 1. The predicted octanol–water partition coefficient (Wildman–Crippen LogP) is 3.93. The van der Waals surface area contributed by atoms with E-state index in [0.717, 1.165) is 22.6 Å². The second kappa shape index (κ2) is 8.43. The van der Waals surface area contributed by atoms with Gasteiger partial charge in [-0.3, -0.25) is 0 Å². The minimum absolute atomic E-state index is 0.298. The fourth-order valence-electron chi connectivity index (χ4n) is 3.17. The number of aromatic nitrogens is 3. The molecule has 0 aliphatic carbocycles. The summed E-state index contributed by atoms with van der Waals surface area (Å²) in [7, 11) is 1.57. The molecule has 4 rings (SSSR count). The highest BCUT2D eigenvalue weighted by atomic mass is 16.5. The summed E-state index contributed by atoms with van der Waals surface area (Å²) in [5.74, 6) is 1.44. The number of para-hydroxylation sites is 2. The standard InChI is InChI=1S/C22H21N5O2/c1-29-19-12-6-5-10-17(19)26-22(28)24-14-15-27-20(16-8-3-2-4-9-16)25-18-11-7-13-23-21(18)27/h2-13H,14-15H2,1H3,(H2,24,26,28). The van der Waals surface area contributed by atoms with Gasteiger partial charge in [-0.15, -0.1) is 0 Å². The summed E-state index contributed by atoms with van der Waals surface area (Å²) >= 11 is 0. The molecule has 2 heterocycles. The lowest BCUT2D eigenvalue weighted by molar-refractivity contribution is 0.251. The van der Waals surface area contributed by atoms with E-state index in [9.17, 15) is 4.79 Å². The average Bonchev–Trinajstić information content (AvgIpc) is 3.13. The number of pyridine rings is 1. The fraction of sp³-hybridized carbons (Fsp3) is 0.136. The lowest BCUT2D eigenvalue weighted by Gasteiger charge is -2.12. The SMILES string of the molecule is COc1ccccc1NC(=O)NCCn1c(-c2ccccc2)nc2cccnc21. The molecule has 4 aromatic rings. The van der Waals surface area contributed by atoms with Crippen LogP contribution in [0.3, 0.4) is 0 Å². The molecule has 0 radical (unpaired) electrons. The van der Waals surface area contributed by atoms with Crippen LogP contribution in [0.1, 0.15) is 0 Å². The van der Waals surface area contributed by atoms with Crippen molar-refractivity contribution in [2.24, 2.45) is 0 Å². The second-order valence-corrected chi connectivity index (χ2v) is 6.38. The predicted molar refractivity (Wildman–Crippen MR) is 113 cm³/mol. The number of hydrogen-bond donors (Lipinski definition) is 2. The van der Waals surface area contributed by atoms with Gasteiger partial charge in [-0.2, -0.15) is 0 Å². The van der Waals surface area contributed by atoms with Crippen LogP contribution < -0.4 is 15.4 Å². The van der Waals surface area contributed by atoms with E-state index >= 15 is 0 Å². The summed E-state index contributed by atoms with van der Waals surface area (Å²) < 4.78 is 7.28. The van der Waals surface area contributed by atoms with Gasteiger partial charge >= 0.3 is 6.03 Å². The van der Waals surface area contributed by atoms with E-state index < -0.39 is 0 Å². The van der Waals surface area contributed by atoms with Crippen LogP contribution >= 0.6 is 0 Å². The van der Waals surface area contributed by atoms with Gasteiger partial charge in [-0.1, -0.05) is 42.5 Å². The molecular formula is C22H21N5O2. The van der Waals surface area contributed by atoms with Gasteiger partial charge in [0.25, 0.3) is 0 Å². The average molecular weight is 387 g/mol. The van der Waals surface area contributed by atoms with Crippen LogP contribution in [0.25, 0.3) is 22.6 Å². The Labute approximate surface area is 168 Å². The summed E-state index contributed by atoms with van der Waals surface area (Å²) in [5, 5.41) is 5.69. The van der Waals surface area contributed by atoms with E-state index in [-0.39, 0.29) is 6.03 Å². The third-order valence-electron chi connectivity index (χ3n) is 4.51. The van der Waals surface area contributed by atoms with Crippen molar-refractivity contribution in [1.29, 1.82) is 0 Å². The fourth-order valence-corrected chi connectivity index (χ4v) is 3.17. The van der Waals surface area contributed by atoms with Gasteiger partial charge in [0.1, 0.15) is 17.1 Å². The van der Waals surface area contributed by atoms with Crippen LogP contribution in [0.4, 0.5) is 10.5 Å². The third kappa shape index (κ3) is 4.03. The van der Waals surface area contributed by atoms with E-state index in [1.165, 1.54) is 0 Å². The Morgan fingerprint density at radius 3 is 2.66 bits per heavy atom. The van der Waals surface area contributed by atoms with Crippen molar-refractivity contribution < 1.29 is 9.53 Å². The molecule has 7 heteroatoms. The first-order chi connectivity index (χ1) is 14.3. The lowest BCUT2D eigenvalue weighted by atomic mass is 10.2. The molecule has 0 atom stereocenters. The highest BCUT2D eigenvalue weighted by molar-refractivity contribution is 5.90. The number of nitrogens with one attached hydrogen (secondary N) is 2. The number of benzene rings is 2. The van der Waals surface area contributed by atoms with Crippen molar-refractivity contribution in [1.82, 2.24) is 19.9 Å². The quantitative estimate of drug-likeness (QED) is 0.525. The third-order valence-corrected chi connectivity index (χ3v) is 4.51. The van der Waals surface area contributed by atoms with Crippen LogP contribution in [0.2, 0.25) is 0 Å². The molecule has 2 aromatic heterocycles. The van der Waals surface area contributed by atoms with Crippen molar-refractivity contribution >= 4 is 22.9 Å². The molecule has 0 aliphatic rings. The molecule has 0 aliphatic heterocycles. The Kier molecular flexibility index (Phi) is 5.38. The first-order valence-corrected chi connectivity index (χ1v) is 9.31. The van der Waals surface area contributed by atoms with E-state index in [1.807, 2.05) is 59.2 Å². The number of carbonyl (C=O) groups is 1. The van der Waals surface area contributed by atoms with Gasteiger partial charge in [-0.25, -0.2) is 14.8 Å². The summed E-state index contributed by atoms with van der Waals surface area (Å²) in [4.78, 5) is 21.5. The molecule has 2 amide bonds.